The lowest BCUT2D eigenvalue weighted by molar-refractivity contribution is 0.559. The summed E-state index contributed by atoms with van der Waals surface area (Å²) in [6.07, 6.45) is 0.754. The standard InChI is InChI=1S/C10H15N5O2S2/c1-4-5-15-9(8-6(2)12-7(3)18-8)13-14-10(15)19(11,16)17/h4-5H2,1-3H3,(H2,11,16,17). The van der Waals surface area contributed by atoms with Crippen molar-refractivity contribution in [1.82, 2.24) is 19.7 Å². The van der Waals surface area contributed by atoms with Gasteiger partial charge >= 0.3 is 0 Å². The molecule has 0 bridgehead atoms. The summed E-state index contributed by atoms with van der Waals surface area (Å²) in [5.74, 6) is 0.508. The minimum atomic E-state index is -3.88. The number of thiazole rings is 1. The lowest BCUT2D eigenvalue weighted by Gasteiger charge is -2.06. The summed E-state index contributed by atoms with van der Waals surface area (Å²) in [4.78, 5) is 5.14. The quantitative estimate of drug-likeness (QED) is 0.909. The molecule has 0 atom stereocenters. The summed E-state index contributed by atoms with van der Waals surface area (Å²) in [5, 5.41) is 13.5. The Morgan fingerprint density at radius 3 is 2.47 bits per heavy atom. The van der Waals surface area contributed by atoms with Gasteiger partial charge in [0.1, 0.15) is 0 Å². The van der Waals surface area contributed by atoms with E-state index in [9.17, 15) is 8.42 Å². The fourth-order valence-electron chi connectivity index (χ4n) is 1.83. The third-order valence-corrected chi connectivity index (χ3v) is 4.40. The minimum absolute atomic E-state index is 0.199. The predicted molar refractivity (Wildman–Crippen MR) is 72.3 cm³/mol. The van der Waals surface area contributed by atoms with Gasteiger partial charge in [0.15, 0.2) is 5.82 Å². The molecule has 2 rings (SSSR count). The SMILES string of the molecule is CCCn1c(-c2sc(C)nc2C)nnc1S(N)(=O)=O. The van der Waals surface area contributed by atoms with Gasteiger partial charge in [0.2, 0.25) is 0 Å². The summed E-state index contributed by atoms with van der Waals surface area (Å²) in [6.45, 7) is 6.19. The maximum atomic E-state index is 11.5. The minimum Gasteiger partial charge on any atom is -0.296 e. The third-order valence-electron chi connectivity index (χ3n) is 2.53. The van der Waals surface area contributed by atoms with Crippen molar-refractivity contribution in [3.05, 3.63) is 10.7 Å². The molecule has 0 fully saturated rings. The summed E-state index contributed by atoms with van der Waals surface area (Å²) in [5.41, 5.74) is 0.813. The van der Waals surface area contributed by atoms with E-state index >= 15 is 0 Å². The van der Waals surface area contributed by atoms with E-state index in [-0.39, 0.29) is 5.16 Å². The van der Waals surface area contributed by atoms with Gasteiger partial charge in [-0.05, 0) is 20.3 Å². The van der Waals surface area contributed by atoms with Crippen molar-refractivity contribution < 1.29 is 8.42 Å². The lowest BCUT2D eigenvalue weighted by atomic mass is 10.3. The molecule has 0 amide bonds. The van der Waals surface area contributed by atoms with Crippen molar-refractivity contribution in [2.45, 2.75) is 38.9 Å². The molecule has 19 heavy (non-hydrogen) atoms. The maximum absolute atomic E-state index is 11.5. The van der Waals surface area contributed by atoms with Crippen molar-refractivity contribution in [2.24, 2.45) is 5.14 Å². The van der Waals surface area contributed by atoms with Gasteiger partial charge in [-0.25, -0.2) is 18.5 Å². The molecule has 0 radical (unpaired) electrons. The molecule has 0 saturated heterocycles. The van der Waals surface area contributed by atoms with Crippen molar-refractivity contribution in [3.63, 3.8) is 0 Å². The van der Waals surface area contributed by atoms with E-state index < -0.39 is 10.0 Å². The molecule has 2 heterocycles. The zero-order valence-corrected chi connectivity index (χ0v) is 12.5. The fraction of sp³-hybridized carbons (Fsp3) is 0.500. The molecule has 0 unspecified atom stereocenters. The Kier molecular flexibility index (Phi) is 3.70. The van der Waals surface area contributed by atoms with Gasteiger partial charge in [-0.1, -0.05) is 6.92 Å². The highest BCUT2D eigenvalue weighted by molar-refractivity contribution is 7.89. The number of hydrogen-bond donors (Lipinski definition) is 1. The van der Waals surface area contributed by atoms with Crippen LogP contribution in [0.2, 0.25) is 0 Å². The summed E-state index contributed by atoms with van der Waals surface area (Å²) in [6, 6.07) is 0. The van der Waals surface area contributed by atoms with Gasteiger partial charge < -0.3 is 0 Å². The van der Waals surface area contributed by atoms with E-state index in [0.29, 0.717) is 12.4 Å². The van der Waals surface area contributed by atoms with Crippen LogP contribution in [-0.2, 0) is 16.6 Å². The van der Waals surface area contributed by atoms with Crippen molar-refractivity contribution in [1.29, 1.82) is 0 Å². The molecule has 2 aromatic heterocycles. The molecule has 0 aliphatic carbocycles. The smallest absolute Gasteiger partial charge is 0.273 e. The average Bonchev–Trinajstić information content (AvgIpc) is 2.82. The highest BCUT2D eigenvalue weighted by Crippen LogP contribution is 2.29. The lowest BCUT2D eigenvalue weighted by Crippen LogP contribution is -2.19. The van der Waals surface area contributed by atoms with E-state index in [0.717, 1.165) is 22.0 Å². The molecule has 0 aromatic carbocycles. The van der Waals surface area contributed by atoms with Crippen LogP contribution >= 0.6 is 11.3 Å². The van der Waals surface area contributed by atoms with Crippen LogP contribution in [0.5, 0.6) is 0 Å². The van der Waals surface area contributed by atoms with E-state index in [4.69, 9.17) is 5.14 Å². The first-order chi connectivity index (χ1) is 8.84. The predicted octanol–water partition coefficient (Wildman–Crippen LogP) is 1.08. The molecule has 0 aliphatic heterocycles. The van der Waals surface area contributed by atoms with Crippen molar-refractivity contribution >= 4 is 21.4 Å². The van der Waals surface area contributed by atoms with E-state index in [1.54, 1.807) is 0 Å². The Bertz CT molecular complexity index is 702. The van der Waals surface area contributed by atoms with Crippen LogP contribution < -0.4 is 5.14 Å². The van der Waals surface area contributed by atoms with Crippen molar-refractivity contribution in [3.8, 4) is 10.7 Å². The maximum Gasteiger partial charge on any atom is 0.273 e. The number of sulfonamides is 1. The monoisotopic (exact) mass is 301 g/mol. The second-order valence-electron chi connectivity index (χ2n) is 4.15. The van der Waals surface area contributed by atoms with E-state index in [2.05, 4.69) is 15.2 Å². The molecule has 2 aromatic rings. The largest absolute Gasteiger partial charge is 0.296 e. The third kappa shape index (κ3) is 2.67. The molecular weight excluding hydrogens is 286 g/mol. The highest BCUT2D eigenvalue weighted by atomic mass is 32.2. The van der Waals surface area contributed by atoms with Crippen LogP contribution in [0.3, 0.4) is 0 Å². The number of hydrogen-bond acceptors (Lipinski definition) is 6. The van der Waals surface area contributed by atoms with Gasteiger partial charge in [-0.2, -0.15) is 0 Å². The molecule has 2 N–H and O–H groups in total. The first kappa shape index (κ1) is 14.1. The number of nitrogens with two attached hydrogens (primary N) is 1. The molecule has 104 valence electrons. The Hall–Kier alpha value is -1.32. The first-order valence-electron chi connectivity index (χ1n) is 5.75. The van der Waals surface area contributed by atoms with Gasteiger partial charge in [-0.3, -0.25) is 4.57 Å². The highest BCUT2D eigenvalue weighted by Gasteiger charge is 2.23. The van der Waals surface area contributed by atoms with Crippen LogP contribution in [0.4, 0.5) is 0 Å². The zero-order valence-electron chi connectivity index (χ0n) is 10.9. The van der Waals surface area contributed by atoms with Crippen molar-refractivity contribution in [2.75, 3.05) is 0 Å². The molecular formula is C10H15N5O2S2. The average molecular weight is 301 g/mol. The number of aryl methyl sites for hydroxylation is 2. The second-order valence-corrected chi connectivity index (χ2v) is 6.81. The van der Waals surface area contributed by atoms with Gasteiger partial charge in [0.25, 0.3) is 15.2 Å². The Labute approximate surface area is 115 Å². The van der Waals surface area contributed by atoms with Crippen LogP contribution in [0.25, 0.3) is 10.7 Å². The summed E-state index contributed by atoms with van der Waals surface area (Å²) < 4.78 is 24.5. The van der Waals surface area contributed by atoms with Gasteiger partial charge in [-0.15, -0.1) is 21.5 Å². The molecule has 0 spiro atoms. The van der Waals surface area contributed by atoms with E-state index in [1.165, 1.54) is 15.9 Å². The van der Waals surface area contributed by atoms with Crippen LogP contribution in [0.15, 0.2) is 5.16 Å². The number of nitrogens with zero attached hydrogens (tertiary/aromatic N) is 4. The second kappa shape index (κ2) is 4.99. The topological polar surface area (TPSA) is 104 Å². The Morgan fingerprint density at radius 2 is 2.00 bits per heavy atom. The van der Waals surface area contributed by atoms with Gasteiger partial charge in [0, 0.05) is 6.54 Å². The van der Waals surface area contributed by atoms with Crippen LogP contribution in [0.1, 0.15) is 24.0 Å². The molecule has 0 aliphatic rings. The number of rotatable bonds is 4. The van der Waals surface area contributed by atoms with Gasteiger partial charge in [0.05, 0.1) is 15.6 Å². The normalized spacial score (nSPS) is 12.0. The number of aromatic nitrogens is 4. The van der Waals surface area contributed by atoms with Crippen LogP contribution in [-0.4, -0.2) is 28.2 Å². The summed E-state index contributed by atoms with van der Waals surface area (Å²) in [7, 11) is -3.88. The van der Waals surface area contributed by atoms with Crippen LogP contribution in [0, 0.1) is 13.8 Å². The zero-order chi connectivity index (χ0) is 14.2. The molecule has 7 nitrogen and oxygen atoms in total. The Morgan fingerprint density at radius 1 is 1.32 bits per heavy atom. The molecule has 0 saturated carbocycles. The molecule has 9 heteroatoms. The first-order valence-corrected chi connectivity index (χ1v) is 8.11. The summed E-state index contributed by atoms with van der Waals surface area (Å²) >= 11 is 1.46. The fourth-order valence-corrected chi connectivity index (χ4v) is 3.38. The number of primary sulfonamides is 1. The Balaban J connectivity index is 2.65. The van der Waals surface area contributed by atoms with E-state index in [1.807, 2.05) is 20.8 Å².